The molecule has 2 aromatic rings. The standard InChI is InChI=1S/C16H18BrN5O2/c1-19-15(23)14-13(20-9-3-5-22(2)6-4-9)12(17)11-7-10(8-18)24-16(11)21-14/h7,9,20H,3-6H2,1-2H3,(H,19,23). The molecule has 3 rings (SSSR count). The van der Waals surface area contributed by atoms with E-state index >= 15 is 0 Å². The molecule has 126 valence electrons. The molecule has 8 heteroatoms. The molecule has 0 aromatic carbocycles. The monoisotopic (exact) mass is 391 g/mol. The maximum atomic E-state index is 12.3. The Kier molecular flexibility index (Phi) is 4.73. The van der Waals surface area contributed by atoms with Crippen LogP contribution in [0.1, 0.15) is 29.1 Å². The highest BCUT2D eigenvalue weighted by atomic mass is 79.9. The number of furan rings is 1. The maximum absolute atomic E-state index is 12.3. The van der Waals surface area contributed by atoms with Crippen molar-refractivity contribution >= 4 is 38.6 Å². The van der Waals surface area contributed by atoms with Crippen molar-refractivity contribution in [3.8, 4) is 6.07 Å². The third-order valence-electron chi connectivity index (χ3n) is 4.24. The summed E-state index contributed by atoms with van der Waals surface area (Å²) < 4.78 is 6.07. The normalized spacial score (nSPS) is 16.1. The average molecular weight is 392 g/mol. The highest BCUT2D eigenvalue weighted by Gasteiger charge is 2.24. The molecule has 0 atom stereocenters. The van der Waals surface area contributed by atoms with Crippen molar-refractivity contribution in [2.24, 2.45) is 0 Å². The number of hydrogen-bond donors (Lipinski definition) is 2. The number of amides is 1. The third kappa shape index (κ3) is 3.09. The van der Waals surface area contributed by atoms with Crippen LogP contribution in [0.15, 0.2) is 15.0 Å². The minimum atomic E-state index is -0.303. The van der Waals surface area contributed by atoms with Crippen molar-refractivity contribution < 1.29 is 9.21 Å². The molecular weight excluding hydrogens is 374 g/mol. The van der Waals surface area contributed by atoms with Gasteiger partial charge in [-0.1, -0.05) is 0 Å². The van der Waals surface area contributed by atoms with Crippen LogP contribution in [0.2, 0.25) is 0 Å². The Morgan fingerprint density at radius 1 is 1.50 bits per heavy atom. The number of fused-ring (bicyclic) bond motifs is 1. The van der Waals surface area contributed by atoms with E-state index in [4.69, 9.17) is 9.68 Å². The Balaban J connectivity index is 2.04. The lowest BCUT2D eigenvalue weighted by atomic mass is 10.0. The lowest BCUT2D eigenvalue weighted by Crippen LogP contribution is -2.37. The molecule has 1 aliphatic heterocycles. The number of nitrogens with one attached hydrogen (secondary N) is 2. The number of nitrogens with zero attached hydrogens (tertiary/aromatic N) is 3. The number of nitriles is 1. The topological polar surface area (TPSA) is 94.2 Å². The molecule has 2 aromatic heterocycles. The van der Waals surface area contributed by atoms with E-state index in [2.05, 4.69) is 43.5 Å². The molecular formula is C16H18BrN5O2. The zero-order chi connectivity index (χ0) is 17.3. The van der Waals surface area contributed by atoms with Gasteiger partial charge in [-0.05, 0) is 48.9 Å². The van der Waals surface area contributed by atoms with Crippen LogP contribution in [0.4, 0.5) is 5.69 Å². The molecule has 1 fully saturated rings. The van der Waals surface area contributed by atoms with Gasteiger partial charge in [0.05, 0.1) is 15.5 Å². The van der Waals surface area contributed by atoms with Crippen LogP contribution in [0.25, 0.3) is 11.1 Å². The van der Waals surface area contributed by atoms with Gasteiger partial charge in [0, 0.05) is 19.2 Å². The molecule has 0 saturated carbocycles. The predicted molar refractivity (Wildman–Crippen MR) is 94.0 cm³/mol. The van der Waals surface area contributed by atoms with Crippen LogP contribution in [-0.2, 0) is 0 Å². The number of halogens is 1. The van der Waals surface area contributed by atoms with E-state index in [1.165, 1.54) is 0 Å². The fourth-order valence-electron chi connectivity index (χ4n) is 2.84. The predicted octanol–water partition coefficient (Wildman–Crippen LogP) is 2.33. The maximum Gasteiger partial charge on any atom is 0.271 e. The lowest BCUT2D eigenvalue weighted by molar-refractivity contribution is 0.0959. The van der Waals surface area contributed by atoms with Gasteiger partial charge in [-0.2, -0.15) is 5.26 Å². The second kappa shape index (κ2) is 6.79. The van der Waals surface area contributed by atoms with Crippen LogP contribution >= 0.6 is 15.9 Å². The van der Waals surface area contributed by atoms with Crippen molar-refractivity contribution in [1.82, 2.24) is 15.2 Å². The first kappa shape index (κ1) is 16.7. The molecule has 0 radical (unpaired) electrons. The average Bonchev–Trinajstić information content (AvgIpc) is 3.02. The van der Waals surface area contributed by atoms with Gasteiger partial charge in [-0.3, -0.25) is 4.79 Å². The first-order valence-corrected chi connectivity index (χ1v) is 8.53. The van der Waals surface area contributed by atoms with E-state index in [-0.39, 0.29) is 29.1 Å². The number of carbonyl (C=O) groups is 1. The van der Waals surface area contributed by atoms with Crippen LogP contribution in [0.5, 0.6) is 0 Å². The van der Waals surface area contributed by atoms with Crippen LogP contribution in [-0.4, -0.2) is 49.0 Å². The third-order valence-corrected chi connectivity index (χ3v) is 5.06. The van der Waals surface area contributed by atoms with Gasteiger partial charge in [0.2, 0.25) is 11.5 Å². The van der Waals surface area contributed by atoms with E-state index in [9.17, 15) is 4.79 Å². The number of piperidine rings is 1. The van der Waals surface area contributed by atoms with Crippen molar-refractivity contribution in [2.75, 3.05) is 32.5 Å². The molecule has 24 heavy (non-hydrogen) atoms. The summed E-state index contributed by atoms with van der Waals surface area (Å²) in [5.41, 5.74) is 1.17. The van der Waals surface area contributed by atoms with E-state index < -0.39 is 0 Å². The van der Waals surface area contributed by atoms with Crippen molar-refractivity contribution in [3.05, 3.63) is 22.0 Å². The largest absolute Gasteiger partial charge is 0.427 e. The molecule has 0 unspecified atom stereocenters. The molecule has 0 spiro atoms. The fourth-order valence-corrected chi connectivity index (χ4v) is 3.43. The summed E-state index contributed by atoms with van der Waals surface area (Å²) in [6.07, 6.45) is 1.98. The Labute approximate surface area is 148 Å². The second-order valence-corrected chi connectivity index (χ2v) is 6.68. The summed E-state index contributed by atoms with van der Waals surface area (Å²) in [6.45, 7) is 2.01. The van der Waals surface area contributed by atoms with Gasteiger partial charge in [0.15, 0.2) is 5.69 Å². The fraction of sp³-hybridized carbons (Fsp3) is 0.438. The molecule has 1 aliphatic rings. The first-order chi connectivity index (χ1) is 11.5. The minimum absolute atomic E-state index is 0.164. The number of pyridine rings is 1. The van der Waals surface area contributed by atoms with Crippen LogP contribution in [0.3, 0.4) is 0 Å². The molecule has 0 bridgehead atoms. The second-order valence-electron chi connectivity index (χ2n) is 5.89. The zero-order valence-corrected chi connectivity index (χ0v) is 15.1. The summed E-state index contributed by atoms with van der Waals surface area (Å²) in [4.78, 5) is 18.9. The Morgan fingerprint density at radius 3 is 2.83 bits per heavy atom. The quantitative estimate of drug-likeness (QED) is 0.833. The van der Waals surface area contributed by atoms with E-state index in [0.717, 1.165) is 25.9 Å². The van der Waals surface area contributed by atoms with Gasteiger partial charge < -0.3 is 20.0 Å². The van der Waals surface area contributed by atoms with Crippen molar-refractivity contribution in [2.45, 2.75) is 18.9 Å². The van der Waals surface area contributed by atoms with Crippen molar-refractivity contribution in [3.63, 3.8) is 0 Å². The zero-order valence-electron chi connectivity index (χ0n) is 13.5. The summed E-state index contributed by atoms with van der Waals surface area (Å²) in [5.74, 6) is -0.138. The molecule has 3 heterocycles. The lowest BCUT2D eigenvalue weighted by Gasteiger charge is -2.30. The number of rotatable bonds is 3. The Bertz CT molecular complexity index is 818. The summed E-state index contributed by atoms with van der Waals surface area (Å²) in [5, 5.41) is 15.8. The van der Waals surface area contributed by atoms with Crippen LogP contribution < -0.4 is 10.6 Å². The van der Waals surface area contributed by atoms with E-state index in [1.807, 2.05) is 6.07 Å². The molecule has 1 saturated heterocycles. The number of aromatic nitrogens is 1. The molecule has 2 N–H and O–H groups in total. The van der Waals surface area contributed by atoms with Gasteiger partial charge in [-0.15, -0.1) is 0 Å². The van der Waals surface area contributed by atoms with E-state index in [1.54, 1.807) is 13.1 Å². The highest BCUT2D eigenvalue weighted by Crippen LogP contribution is 2.35. The van der Waals surface area contributed by atoms with Gasteiger partial charge in [0.25, 0.3) is 5.91 Å². The first-order valence-electron chi connectivity index (χ1n) is 7.73. The summed E-state index contributed by atoms with van der Waals surface area (Å²) in [6, 6.07) is 3.85. The Morgan fingerprint density at radius 2 is 2.21 bits per heavy atom. The smallest absolute Gasteiger partial charge is 0.271 e. The number of likely N-dealkylation sites (tertiary alicyclic amines) is 1. The van der Waals surface area contributed by atoms with Gasteiger partial charge in [-0.25, -0.2) is 4.98 Å². The number of anilines is 1. The highest BCUT2D eigenvalue weighted by molar-refractivity contribution is 9.10. The van der Waals surface area contributed by atoms with Crippen molar-refractivity contribution in [1.29, 1.82) is 5.26 Å². The summed E-state index contributed by atoms with van der Waals surface area (Å²) in [7, 11) is 3.66. The number of hydrogen-bond acceptors (Lipinski definition) is 6. The molecule has 0 aliphatic carbocycles. The van der Waals surface area contributed by atoms with E-state index in [0.29, 0.717) is 15.5 Å². The summed E-state index contributed by atoms with van der Waals surface area (Å²) >= 11 is 3.55. The number of carbonyl (C=O) groups excluding carboxylic acids is 1. The van der Waals surface area contributed by atoms with Gasteiger partial charge in [0.1, 0.15) is 6.07 Å². The Hall–Kier alpha value is -2.11. The molecule has 7 nitrogen and oxygen atoms in total. The minimum Gasteiger partial charge on any atom is -0.427 e. The SMILES string of the molecule is CNC(=O)c1nc2oc(C#N)cc2c(Br)c1NC1CCN(C)CC1. The van der Waals surface area contributed by atoms with Gasteiger partial charge >= 0.3 is 0 Å². The van der Waals surface area contributed by atoms with Crippen LogP contribution in [0, 0.1) is 11.3 Å². The molecule has 1 amide bonds.